The zero-order valence-corrected chi connectivity index (χ0v) is 23.3. The van der Waals surface area contributed by atoms with Gasteiger partial charge in [0.2, 0.25) is 11.5 Å². The van der Waals surface area contributed by atoms with E-state index in [0.29, 0.717) is 45.0 Å². The third kappa shape index (κ3) is 4.21. The average Bonchev–Trinajstić information content (AvgIpc) is 3.69. The van der Waals surface area contributed by atoms with Crippen LogP contribution in [0.1, 0.15) is 22.2 Å². The Kier molecular flexibility index (Phi) is 6.50. The van der Waals surface area contributed by atoms with Gasteiger partial charge in [0.15, 0.2) is 28.1 Å². The van der Waals surface area contributed by atoms with Crippen molar-refractivity contribution in [3.63, 3.8) is 0 Å². The number of ketones is 1. The number of Topliss-reactive ketones (excluding diaryl/α,β-unsaturated/α-hetero) is 1. The highest BCUT2D eigenvalue weighted by Crippen LogP contribution is 2.48. The number of anilines is 1. The molecule has 0 fully saturated rings. The Morgan fingerprint density at radius 2 is 1.68 bits per heavy atom. The van der Waals surface area contributed by atoms with Gasteiger partial charge in [-0.25, -0.2) is 4.98 Å². The largest absolute Gasteiger partial charge is 0.503 e. The molecule has 10 nitrogen and oxygen atoms in total. The SMILES string of the molecule is COc1ccc2nc(N3C(=O)C(O)=C(C(=O)c4cc5ccccc5o4)C3c3cc(OC)c(OC)c(OC)c3)sc2c1. The number of rotatable bonds is 8. The number of hydrogen-bond donors (Lipinski definition) is 1. The number of thiazole rings is 1. The molecule has 3 heterocycles. The molecule has 1 amide bonds. The Bertz CT molecular complexity index is 1810. The third-order valence-electron chi connectivity index (χ3n) is 6.90. The Morgan fingerprint density at radius 3 is 2.34 bits per heavy atom. The van der Waals surface area contributed by atoms with E-state index in [-0.39, 0.29) is 16.5 Å². The molecule has 41 heavy (non-hydrogen) atoms. The highest BCUT2D eigenvalue weighted by Gasteiger charge is 2.47. The van der Waals surface area contributed by atoms with Crippen molar-refractivity contribution in [1.82, 2.24) is 4.98 Å². The standard InChI is InChI=1S/C30H24N2O8S/c1-36-17-9-10-18-23(14-17)41-30(31-18)32-25(16-12-21(37-2)28(39-4)22(13-16)38-3)24(27(34)29(32)35)26(33)20-11-15-7-5-6-8-19(15)40-20/h5-14,25,34H,1-4H3. The van der Waals surface area contributed by atoms with Gasteiger partial charge in [0.05, 0.1) is 50.3 Å². The van der Waals surface area contributed by atoms with Crippen molar-refractivity contribution in [3.8, 4) is 23.0 Å². The number of amides is 1. The van der Waals surface area contributed by atoms with Crippen LogP contribution >= 0.6 is 11.3 Å². The fourth-order valence-corrected chi connectivity index (χ4v) is 5.98. The van der Waals surface area contributed by atoms with Crippen molar-refractivity contribution in [3.05, 3.63) is 83.3 Å². The second-order valence-electron chi connectivity index (χ2n) is 9.11. The van der Waals surface area contributed by atoms with Gasteiger partial charge in [0, 0.05) is 5.39 Å². The molecule has 0 aliphatic carbocycles. The summed E-state index contributed by atoms with van der Waals surface area (Å²) in [5.74, 6) is -0.566. The highest BCUT2D eigenvalue weighted by atomic mass is 32.1. The quantitative estimate of drug-likeness (QED) is 0.228. The number of aliphatic hydroxyl groups excluding tert-OH is 1. The van der Waals surface area contributed by atoms with E-state index in [1.165, 1.54) is 37.6 Å². The molecule has 0 saturated heterocycles. The van der Waals surface area contributed by atoms with Gasteiger partial charge in [-0.2, -0.15) is 0 Å². The van der Waals surface area contributed by atoms with Gasteiger partial charge in [-0.3, -0.25) is 14.5 Å². The number of furan rings is 1. The Hall–Kier alpha value is -5.03. The molecular formula is C30H24N2O8S. The molecule has 1 unspecified atom stereocenters. The number of carbonyl (C=O) groups is 2. The zero-order chi connectivity index (χ0) is 28.8. The van der Waals surface area contributed by atoms with Crippen molar-refractivity contribution in [2.24, 2.45) is 0 Å². The van der Waals surface area contributed by atoms with Crippen LogP contribution in [0.4, 0.5) is 5.13 Å². The molecule has 1 atom stereocenters. The summed E-state index contributed by atoms with van der Waals surface area (Å²) in [6.07, 6.45) is 0. The summed E-state index contributed by atoms with van der Waals surface area (Å²) in [6, 6.07) is 16.3. The van der Waals surface area contributed by atoms with Crippen molar-refractivity contribution >= 4 is 49.3 Å². The number of nitrogens with zero attached hydrogens (tertiary/aromatic N) is 2. The molecule has 208 valence electrons. The Morgan fingerprint density at radius 1 is 0.951 bits per heavy atom. The lowest BCUT2D eigenvalue weighted by atomic mass is 9.94. The van der Waals surface area contributed by atoms with Gasteiger partial charge in [-0.1, -0.05) is 29.5 Å². The number of aromatic nitrogens is 1. The lowest BCUT2D eigenvalue weighted by molar-refractivity contribution is -0.117. The smallest absolute Gasteiger partial charge is 0.296 e. The minimum atomic E-state index is -1.10. The first-order valence-corrected chi connectivity index (χ1v) is 13.2. The number of methoxy groups -OCH3 is 4. The molecule has 0 saturated carbocycles. The van der Waals surface area contributed by atoms with E-state index in [9.17, 15) is 14.7 Å². The predicted molar refractivity (Wildman–Crippen MR) is 153 cm³/mol. The van der Waals surface area contributed by atoms with Crippen LogP contribution < -0.4 is 23.8 Å². The van der Waals surface area contributed by atoms with E-state index in [2.05, 4.69) is 4.98 Å². The lowest BCUT2D eigenvalue weighted by Gasteiger charge is -2.25. The summed E-state index contributed by atoms with van der Waals surface area (Å²) < 4.78 is 28.5. The molecule has 1 N–H and O–H groups in total. The Labute approximate surface area is 237 Å². The van der Waals surface area contributed by atoms with E-state index < -0.39 is 23.5 Å². The number of carbonyl (C=O) groups excluding carboxylic acids is 2. The van der Waals surface area contributed by atoms with E-state index in [1.54, 1.807) is 55.6 Å². The predicted octanol–water partition coefficient (Wildman–Crippen LogP) is 5.86. The highest BCUT2D eigenvalue weighted by molar-refractivity contribution is 7.22. The van der Waals surface area contributed by atoms with Gasteiger partial charge in [-0.05, 0) is 48.0 Å². The van der Waals surface area contributed by atoms with Crippen molar-refractivity contribution < 1.29 is 38.1 Å². The first-order chi connectivity index (χ1) is 19.9. The van der Waals surface area contributed by atoms with Crippen LogP contribution in [0.2, 0.25) is 0 Å². The topological polar surface area (TPSA) is 121 Å². The minimum absolute atomic E-state index is 0.0196. The maximum absolute atomic E-state index is 14.0. The van der Waals surface area contributed by atoms with Gasteiger partial charge in [-0.15, -0.1) is 0 Å². The molecule has 3 aromatic carbocycles. The number of hydrogen-bond acceptors (Lipinski definition) is 10. The monoisotopic (exact) mass is 572 g/mol. The summed E-state index contributed by atoms with van der Waals surface area (Å²) in [6.45, 7) is 0. The van der Waals surface area contributed by atoms with Crippen LogP contribution in [0.25, 0.3) is 21.2 Å². The van der Waals surface area contributed by atoms with Crippen LogP contribution in [0.3, 0.4) is 0 Å². The molecule has 1 aliphatic rings. The average molecular weight is 573 g/mol. The first-order valence-electron chi connectivity index (χ1n) is 12.4. The van der Waals surface area contributed by atoms with E-state index in [0.717, 1.165) is 4.70 Å². The normalized spacial score (nSPS) is 15.2. The molecule has 11 heteroatoms. The number of ether oxygens (including phenoxy) is 4. The van der Waals surface area contributed by atoms with Gasteiger partial charge in [0.25, 0.3) is 5.91 Å². The van der Waals surface area contributed by atoms with Crippen LogP contribution in [0, 0.1) is 0 Å². The molecule has 6 rings (SSSR count). The maximum atomic E-state index is 14.0. The zero-order valence-electron chi connectivity index (χ0n) is 22.5. The lowest BCUT2D eigenvalue weighted by Crippen LogP contribution is -2.31. The minimum Gasteiger partial charge on any atom is -0.503 e. The number of aliphatic hydroxyl groups is 1. The second-order valence-corrected chi connectivity index (χ2v) is 10.1. The Balaban J connectivity index is 1.56. The molecular weight excluding hydrogens is 548 g/mol. The number of para-hydroxylation sites is 1. The molecule has 0 spiro atoms. The van der Waals surface area contributed by atoms with Crippen molar-refractivity contribution in [1.29, 1.82) is 0 Å². The van der Waals surface area contributed by atoms with E-state index in [1.807, 2.05) is 12.1 Å². The van der Waals surface area contributed by atoms with E-state index >= 15 is 0 Å². The summed E-state index contributed by atoms with van der Waals surface area (Å²) >= 11 is 1.22. The second kappa shape index (κ2) is 10.2. The summed E-state index contributed by atoms with van der Waals surface area (Å²) in [7, 11) is 5.97. The summed E-state index contributed by atoms with van der Waals surface area (Å²) in [5.41, 5.74) is 1.38. The van der Waals surface area contributed by atoms with Gasteiger partial charge < -0.3 is 28.5 Å². The van der Waals surface area contributed by atoms with Crippen LogP contribution in [0.15, 0.2) is 76.4 Å². The van der Waals surface area contributed by atoms with Gasteiger partial charge in [0.1, 0.15) is 11.3 Å². The fraction of sp³-hybridized carbons (Fsp3) is 0.167. The molecule has 0 bridgehead atoms. The molecule has 1 aliphatic heterocycles. The fourth-order valence-electron chi connectivity index (χ4n) is 4.96. The van der Waals surface area contributed by atoms with Crippen molar-refractivity contribution in [2.75, 3.05) is 33.3 Å². The molecule has 2 aromatic heterocycles. The van der Waals surface area contributed by atoms with Crippen molar-refractivity contribution in [2.45, 2.75) is 6.04 Å². The van der Waals surface area contributed by atoms with E-state index in [4.69, 9.17) is 23.4 Å². The van der Waals surface area contributed by atoms with Crippen LogP contribution in [-0.4, -0.2) is 50.2 Å². The van der Waals surface area contributed by atoms with Crippen LogP contribution in [-0.2, 0) is 4.79 Å². The number of benzene rings is 3. The van der Waals surface area contributed by atoms with Crippen LogP contribution in [0.5, 0.6) is 23.0 Å². The maximum Gasteiger partial charge on any atom is 0.296 e. The molecule has 0 radical (unpaired) electrons. The number of fused-ring (bicyclic) bond motifs is 2. The first kappa shape index (κ1) is 26.2. The third-order valence-corrected chi connectivity index (χ3v) is 7.91. The summed E-state index contributed by atoms with van der Waals surface area (Å²) in [5, 5.41) is 12.2. The molecule has 5 aromatic rings. The summed E-state index contributed by atoms with van der Waals surface area (Å²) in [4.78, 5) is 33.7. The van der Waals surface area contributed by atoms with Gasteiger partial charge >= 0.3 is 0 Å².